The zero-order chi connectivity index (χ0) is 15.2. The number of rotatable bonds is 6. The van der Waals surface area contributed by atoms with Gasteiger partial charge in [-0.15, -0.1) is 0 Å². The monoisotopic (exact) mass is 286 g/mol. The summed E-state index contributed by atoms with van der Waals surface area (Å²) in [6.07, 6.45) is 2.71. The highest BCUT2D eigenvalue weighted by molar-refractivity contribution is 5.95. The van der Waals surface area contributed by atoms with Crippen LogP contribution in [0.2, 0.25) is 0 Å². The molecule has 110 valence electrons. The van der Waals surface area contributed by atoms with Gasteiger partial charge in [-0.25, -0.2) is 4.79 Å². The fraction of sp³-hybridized carbons (Fsp3) is 0.250. The number of carbonyl (C=O) groups excluding carboxylic acids is 1. The third-order valence-electron chi connectivity index (χ3n) is 3.18. The quantitative estimate of drug-likeness (QED) is 0.857. The summed E-state index contributed by atoms with van der Waals surface area (Å²) in [5.74, 6) is -1.46. The number of carboxylic acid groups (broad SMARTS) is 1. The van der Waals surface area contributed by atoms with E-state index in [2.05, 4.69) is 5.32 Å². The molecule has 0 radical (unpaired) electrons. The molecule has 0 bridgehead atoms. The SMILES string of the molecule is CCCn1cccc1C(=O)N[C@@H](C(=O)O)c1ccccc1. The molecule has 0 fully saturated rings. The molecule has 5 heteroatoms. The zero-order valence-electron chi connectivity index (χ0n) is 11.8. The van der Waals surface area contributed by atoms with Crippen molar-refractivity contribution < 1.29 is 14.7 Å². The summed E-state index contributed by atoms with van der Waals surface area (Å²) in [6, 6.07) is 11.1. The average molecular weight is 286 g/mol. The van der Waals surface area contributed by atoms with E-state index >= 15 is 0 Å². The van der Waals surface area contributed by atoms with E-state index in [0.29, 0.717) is 11.3 Å². The number of nitrogens with zero attached hydrogens (tertiary/aromatic N) is 1. The van der Waals surface area contributed by atoms with Crippen molar-refractivity contribution in [3.63, 3.8) is 0 Å². The zero-order valence-corrected chi connectivity index (χ0v) is 11.8. The Morgan fingerprint density at radius 1 is 1.19 bits per heavy atom. The number of aromatic nitrogens is 1. The van der Waals surface area contributed by atoms with E-state index in [0.717, 1.165) is 13.0 Å². The molecular formula is C16H18N2O3. The third-order valence-corrected chi connectivity index (χ3v) is 3.18. The van der Waals surface area contributed by atoms with E-state index in [1.807, 2.05) is 17.7 Å². The minimum absolute atomic E-state index is 0.385. The van der Waals surface area contributed by atoms with Gasteiger partial charge in [0.15, 0.2) is 6.04 Å². The van der Waals surface area contributed by atoms with Crippen molar-refractivity contribution in [3.05, 3.63) is 59.9 Å². The molecule has 2 rings (SSSR count). The number of carbonyl (C=O) groups is 2. The van der Waals surface area contributed by atoms with Crippen LogP contribution in [0.1, 0.15) is 35.4 Å². The Balaban J connectivity index is 2.19. The third kappa shape index (κ3) is 3.51. The van der Waals surface area contributed by atoms with Gasteiger partial charge < -0.3 is 15.0 Å². The molecule has 0 aliphatic rings. The highest BCUT2D eigenvalue weighted by Gasteiger charge is 2.23. The second kappa shape index (κ2) is 6.74. The Labute approximate surface area is 123 Å². The van der Waals surface area contributed by atoms with Crippen LogP contribution >= 0.6 is 0 Å². The van der Waals surface area contributed by atoms with E-state index in [9.17, 15) is 14.7 Å². The van der Waals surface area contributed by atoms with Gasteiger partial charge in [-0.1, -0.05) is 37.3 Å². The number of nitrogens with one attached hydrogen (secondary N) is 1. The lowest BCUT2D eigenvalue weighted by Gasteiger charge is -2.16. The molecule has 1 heterocycles. The molecule has 0 saturated carbocycles. The maximum absolute atomic E-state index is 12.3. The van der Waals surface area contributed by atoms with Gasteiger partial charge in [0.2, 0.25) is 0 Å². The number of benzene rings is 1. The van der Waals surface area contributed by atoms with E-state index in [1.54, 1.807) is 42.5 Å². The minimum Gasteiger partial charge on any atom is -0.479 e. The summed E-state index contributed by atoms with van der Waals surface area (Å²) in [7, 11) is 0. The summed E-state index contributed by atoms with van der Waals surface area (Å²) >= 11 is 0. The number of aryl methyl sites for hydroxylation is 1. The number of amides is 1. The molecule has 1 aromatic heterocycles. The van der Waals surface area contributed by atoms with Gasteiger partial charge >= 0.3 is 5.97 Å². The van der Waals surface area contributed by atoms with Crippen molar-refractivity contribution in [1.82, 2.24) is 9.88 Å². The fourth-order valence-corrected chi connectivity index (χ4v) is 2.19. The highest BCUT2D eigenvalue weighted by atomic mass is 16.4. The van der Waals surface area contributed by atoms with Gasteiger partial charge in [-0.3, -0.25) is 4.79 Å². The standard InChI is InChI=1S/C16H18N2O3/c1-2-10-18-11-6-9-13(18)15(19)17-14(16(20)21)12-7-4-3-5-8-12/h3-9,11,14H,2,10H2,1H3,(H,17,19)(H,20,21)/t14-/m1/s1. The first-order chi connectivity index (χ1) is 10.1. The summed E-state index contributed by atoms with van der Waals surface area (Å²) in [6.45, 7) is 2.74. The molecule has 21 heavy (non-hydrogen) atoms. The maximum atomic E-state index is 12.3. The van der Waals surface area contributed by atoms with Crippen molar-refractivity contribution >= 4 is 11.9 Å². The summed E-state index contributed by atoms with van der Waals surface area (Å²) in [5, 5.41) is 11.9. The Morgan fingerprint density at radius 2 is 1.90 bits per heavy atom. The summed E-state index contributed by atoms with van der Waals surface area (Å²) in [5.41, 5.74) is 1.02. The minimum atomic E-state index is -1.08. The molecule has 0 spiro atoms. The van der Waals surface area contributed by atoms with Gasteiger partial charge in [-0.2, -0.15) is 0 Å². The Kier molecular flexibility index (Phi) is 4.77. The molecule has 1 aromatic carbocycles. The van der Waals surface area contributed by atoms with Crippen LogP contribution in [-0.4, -0.2) is 21.6 Å². The van der Waals surface area contributed by atoms with Crippen LogP contribution in [0.3, 0.4) is 0 Å². The van der Waals surface area contributed by atoms with Crippen molar-refractivity contribution in [2.45, 2.75) is 25.9 Å². The predicted octanol–water partition coefficient (Wildman–Crippen LogP) is 2.45. The second-order valence-corrected chi connectivity index (χ2v) is 4.74. The molecule has 1 amide bonds. The first kappa shape index (κ1) is 14.8. The van der Waals surface area contributed by atoms with E-state index in [4.69, 9.17) is 0 Å². The lowest BCUT2D eigenvalue weighted by Crippen LogP contribution is -2.34. The number of hydrogen-bond donors (Lipinski definition) is 2. The van der Waals surface area contributed by atoms with Gasteiger partial charge in [0, 0.05) is 12.7 Å². The van der Waals surface area contributed by atoms with Crippen LogP contribution in [0.5, 0.6) is 0 Å². The summed E-state index contributed by atoms with van der Waals surface area (Å²) in [4.78, 5) is 23.7. The number of carboxylic acids is 1. The first-order valence-electron chi connectivity index (χ1n) is 6.87. The molecule has 2 aromatic rings. The fourth-order valence-electron chi connectivity index (χ4n) is 2.19. The smallest absolute Gasteiger partial charge is 0.330 e. The Bertz CT molecular complexity index is 619. The van der Waals surface area contributed by atoms with Crippen LogP contribution in [0, 0.1) is 0 Å². The highest BCUT2D eigenvalue weighted by Crippen LogP contribution is 2.14. The van der Waals surface area contributed by atoms with Crippen LogP contribution in [0.15, 0.2) is 48.7 Å². The van der Waals surface area contributed by atoms with Gasteiger partial charge in [0.05, 0.1) is 0 Å². The molecule has 2 N–H and O–H groups in total. The summed E-state index contributed by atoms with van der Waals surface area (Å²) < 4.78 is 1.82. The normalized spacial score (nSPS) is 11.9. The molecule has 0 aliphatic heterocycles. The number of aliphatic carboxylic acids is 1. The van der Waals surface area contributed by atoms with Crippen LogP contribution in [-0.2, 0) is 11.3 Å². The van der Waals surface area contributed by atoms with Crippen LogP contribution in [0.25, 0.3) is 0 Å². The van der Waals surface area contributed by atoms with Gasteiger partial charge in [0.25, 0.3) is 5.91 Å². The van der Waals surface area contributed by atoms with E-state index in [1.165, 1.54) is 0 Å². The molecule has 5 nitrogen and oxygen atoms in total. The average Bonchev–Trinajstić information content (AvgIpc) is 2.94. The first-order valence-corrected chi connectivity index (χ1v) is 6.87. The Morgan fingerprint density at radius 3 is 2.52 bits per heavy atom. The number of hydrogen-bond acceptors (Lipinski definition) is 2. The topological polar surface area (TPSA) is 71.3 Å². The molecule has 0 saturated heterocycles. The van der Waals surface area contributed by atoms with E-state index < -0.39 is 12.0 Å². The predicted molar refractivity (Wildman–Crippen MR) is 79.0 cm³/mol. The van der Waals surface area contributed by atoms with Crippen LogP contribution in [0.4, 0.5) is 0 Å². The molecule has 0 aliphatic carbocycles. The van der Waals surface area contributed by atoms with Crippen molar-refractivity contribution in [3.8, 4) is 0 Å². The molecule has 0 unspecified atom stereocenters. The van der Waals surface area contributed by atoms with E-state index in [-0.39, 0.29) is 5.91 Å². The van der Waals surface area contributed by atoms with Gasteiger partial charge in [0.1, 0.15) is 5.69 Å². The maximum Gasteiger partial charge on any atom is 0.330 e. The lowest BCUT2D eigenvalue weighted by atomic mass is 10.1. The van der Waals surface area contributed by atoms with Crippen molar-refractivity contribution in [2.75, 3.05) is 0 Å². The largest absolute Gasteiger partial charge is 0.479 e. The van der Waals surface area contributed by atoms with Crippen molar-refractivity contribution in [2.24, 2.45) is 0 Å². The Hall–Kier alpha value is -2.56. The molecular weight excluding hydrogens is 268 g/mol. The van der Waals surface area contributed by atoms with Gasteiger partial charge in [-0.05, 0) is 24.1 Å². The van der Waals surface area contributed by atoms with Crippen LogP contribution < -0.4 is 5.32 Å². The van der Waals surface area contributed by atoms with Crippen molar-refractivity contribution in [1.29, 1.82) is 0 Å². The second-order valence-electron chi connectivity index (χ2n) is 4.74. The lowest BCUT2D eigenvalue weighted by molar-refractivity contribution is -0.139. The molecule has 1 atom stereocenters.